The number of hydrogen-bond donors (Lipinski definition) is 2. The number of pyridine rings is 1. The number of anilines is 1. The van der Waals surface area contributed by atoms with Gasteiger partial charge in [-0.25, -0.2) is 0 Å². The van der Waals surface area contributed by atoms with Crippen LogP contribution in [-0.4, -0.2) is 36.6 Å². The Bertz CT molecular complexity index is 813. The monoisotopic (exact) mass is 357 g/mol. The fraction of sp³-hybridized carbons (Fsp3) is 0.316. The smallest absolute Gasteiger partial charge is 0.274 e. The van der Waals surface area contributed by atoms with E-state index < -0.39 is 5.91 Å². The van der Waals surface area contributed by atoms with Crippen LogP contribution in [0.1, 0.15) is 41.6 Å². The van der Waals surface area contributed by atoms with Crippen LogP contribution in [0.25, 0.3) is 0 Å². The summed E-state index contributed by atoms with van der Waals surface area (Å²) in [6.07, 6.45) is 1.43. The molecular weight excluding hydrogens is 334 g/mol. The first-order chi connectivity index (χ1) is 12.2. The van der Waals surface area contributed by atoms with E-state index in [0.717, 1.165) is 0 Å². The van der Waals surface area contributed by atoms with Gasteiger partial charge in [0, 0.05) is 23.4 Å². The van der Waals surface area contributed by atoms with Gasteiger partial charge in [-0.3, -0.25) is 14.6 Å². The van der Waals surface area contributed by atoms with Gasteiger partial charge in [-0.1, -0.05) is 0 Å². The Hall–Kier alpha value is -3.09. The molecule has 26 heavy (non-hydrogen) atoms. The third-order valence-corrected chi connectivity index (χ3v) is 3.40. The standard InChI is InChI=1S/C19H23N3O4/c1-19(2,3)22-17(23)12-8-9-20-15(10-12)18(24)21-14-11-13(25-4)6-7-16(14)26-5/h6-11H,1-5H3,(H,21,24)(H,22,23). The zero-order chi connectivity index (χ0) is 19.3. The van der Waals surface area contributed by atoms with Crippen LogP contribution in [0.15, 0.2) is 36.5 Å². The Morgan fingerprint density at radius 3 is 2.35 bits per heavy atom. The quantitative estimate of drug-likeness (QED) is 0.859. The van der Waals surface area contributed by atoms with Crippen molar-refractivity contribution >= 4 is 17.5 Å². The maximum atomic E-state index is 12.5. The highest BCUT2D eigenvalue weighted by molar-refractivity contribution is 6.05. The van der Waals surface area contributed by atoms with E-state index >= 15 is 0 Å². The molecular formula is C19H23N3O4. The molecule has 0 saturated carbocycles. The number of hydrogen-bond acceptors (Lipinski definition) is 5. The molecule has 0 spiro atoms. The zero-order valence-corrected chi connectivity index (χ0v) is 15.5. The van der Waals surface area contributed by atoms with E-state index in [0.29, 0.717) is 22.7 Å². The zero-order valence-electron chi connectivity index (χ0n) is 15.5. The number of benzene rings is 1. The van der Waals surface area contributed by atoms with Crippen LogP contribution in [-0.2, 0) is 0 Å². The molecule has 0 bridgehead atoms. The first-order valence-electron chi connectivity index (χ1n) is 8.05. The molecule has 2 rings (SSSR count). The predicted octanol–water partition coefficient (Wildman–Crippen LogP) is 2.88. The highest BCUT2D eigenvalue weighted by Crippen LogP contribution is 2.29. The van der Waals surface area contributed by atoms with Crippen LogP contribution in [0.3, 0.4) is 0 Å². The van der Waals surface area contributed by atoms with Crippen molar-refractivity contribution in [2.24, 2.45) is 0 Å². The Kier molecular flexibility index (Phi) is 5.82. The summed E-state index contributed by atoms with van der Waals surface area (Å²) in [6, 6.07) is 8.07. The molecule has 2 amide bonds. The molecule has 2 aromatic rings. The highest BCUT2D eigenvalue weighted by Gasteiger charge is 2.18. The molecule has 0 aliphatic heterocycles. The first-order valence-corrected chi connectivity index (χ1v) is 8.05. The van der Waals surface area contributed by atoms with Crippen molar-refractivity contribution in [3.63, 3.8) is 0 Å². The van der Waals surface area contributed by atoms with Crippen LogP contribution >= 0.6 is 0 Å². The van der Waals surface area contributed by atoms with E-state index in [1.807, 2.05) is 20.8 Å². The minimum absolute atomic E-state index is 0.122. The van der Waals surface area contributed by atoms with Gasteiger partial charge in [-0.15, -0.1) is 0 Å². The number of methoxy groups -OCH3 is 2. The van der Waals surface area contributed by atoms with Gasteiger partial charge in [0.15, 0.2) is 0 Å². The summed E-state index contributed by atoms with van der Waals surface area (Å²) in [7, 11) is 3.04. The average molecular weight is 357 g/mol. The maximum Gasteiger partial charge on any atom is 0.274 e. The van der Waals surface area contributed by atoms with E-state index in [9.17, 15) is 9.59 Å². The predicted molar refractivity (Wildman–Crippen MR) is 99.0 cm³/mol. The van der Waals surface area contributed by atoms with Crippen molar-refractivity contribution in [1.29, 1.82) is 0 Å². The fourth-order valence-corrected chi connectivity index (χ4v) is 2.21. The van der Waals surface area contributed by atoms with Crippen molar-refractivity contribution in [3.8, 4) is 11.5 Å². The summed E-state index contributed by atoms with van der Waals surface area (Å²) < 4.78 is 10.4. The summed E-state index contributed by atoms with van der Waals surface area (Å²) in [5.41, 5.74) is 0.550. The van der Waals surface area contributed by atoms with Crippen LogP contribution < -0.4 is 20.1 Å². The van der Waals surface area contributed by atoms with Gasteiger partial charge >= 0.3 is 0 Å². The van der Waals surface area contributed by atoms with Crippen LogP contribution in [0.2, 0.25) is 0 Å². The van der Waals surface area contributed by atoms with Gasteiger partial charge in [-0.05, 0) is 45.0 Å². The summed E-state index contributed by atoms with van der Waals surface area (Å²) >= 11 is 0. The van der Waals surface area contributed by atoms with Crippen molar-refractivity contribution in [2.75, 3.05) is 19.5 Å². The molecule has 0 unspecified atom stereocenters. The normalized spacial score (nSPS) is 10.8. The second kappa shape index (κ2) is 7.86. The highest BCUT2D eigenvalue weighted by atomic mass is 16.5. The SMILES string of the molecule is COc1ccc(OC)c(NC(=O)c2cc(C(=O)NC(C)(C)C)ccn2)c1. The lowest BCUT2D eigenvalue weighted by atomic mass is 10.1. The molecule has 0 atom stereocenters. The molecule has 0 saturated heterocycles. The summed E-state index contributed by atoms with van der Waals surface area (Å²) in [5.74, 6) is 0.336. The lowest BCUT2D eigenvalue weighted by Crippen LogP contribution is -2.40. The lowest BCUT2D eigenvalue weighted by Gasteiger charge is -2.20. The minimum Gasteiger partial charge on any atom is -0.497 e. The third kappa shape index (κ3) is 4.95. The molecule has 138 valence electrons. The maximum absolute atomic E-state index is 12.5. The summed E-state index contributed by atoms with van der Waals surface area (Å²) in [6.45, 7) is 5.65. The number of nitrogens with one attached hydrogen (secondary N) is 2. The van der Waals surface area contributed by atoms with Crippen LogP contribution in [0, 0.1) is 0 Å². The number of nitrogens with zero attached hydrogens (tertiary/aromatic N) is 1. The molecule has 2 N–H and O–H groups in total. The number of carbonyl (C=O) groups is 2. The summed E-state index contributed by atoms with van der Waals surface area (Å²) in [4.78, 5) is 28.9. The largest absolute Gasteiger partial charge is 0.497 e. The molecule has 1 aromatic heterocycles. The molecule has 7 heteroatoms. The Balaban J connectivity index is 2.23. The van der Waals surface area contributed by atoms with Gasteiger partial charge < -0.3 is 20.1 Å². The number of aromatic nitrogens is 1. The molecule has 7 nitrogen and oxygen atoms in total. The van der Waals surface area contributed by atoms with E-state index in [1.165, 1.54) is 26.5 Å². The molecule has 0 fully saturated rings. The molecule has 0 aliphatic carbocycles. The molecule has 1 heterocycles. The van der Waals surface area contributed by atoms with Crippen molar-refractivity contribution in [3.05, 3.63) is 47.8 Å². The van der Waals surface area contributed by atoms with Crippen molar-refractivity contribution in [1.82, 2.24) is 10.3 Å². The lowest BCUT2D eigenvalue weighted by molar-refractivity contribution is 0.0919. The molecule has 0 radical (unpaired) electrons. The first kappa shape index (κ1) is 19.2. The number of amides is 2. The Morgan fingerprint density at radius 1 is 1.00 bits per heavy atom. The van der Waals surface area contributed by atoms with Crippen molar-refractivity contribution in [2.45, 2.75) is 26.3 Å². The minimum atomic E-state index is -0.457. The summed E-state index contributed by atoms with van der Waals surface area (Å²) in [5, 5.41) is 5.58. The number of rotatable bonds is 5. The number of carbonyl (C=O) groups excluding carboxylic acids is 2. The van der Waals surface area contributed by atoms with E-state index in [4.69, 9.17) is 9.47 Å². The van der Waals surface area contributed by atoms with Gasteiger partial charge in [0.2, 0.25) is 0 Å². The fourth-order valence-electron chi connectivity index (χ4n) is 2.21. The van der Waals surface area contributed by atoms with Crippen molar-refractivity contribution < 1.29 is 19.1 Å². The number of ether oxygens (including phenoxy) is 2. The van der Waals surface area contributed by atoms with E-state index in [2.05, 4.69) is 15.6 Å². The van der Waals surface area contributed by atoms with E-state index in [-0.39, 0.29) is 17.1 Å². The Morgan fingerprint density at radius 2 is 1.73 bits per heavy atom. The second-order valence-electron chi connectivity index (χ2n) is 6.65. The Labute approximate surface area is 152 Å². The van der Waals surface area contributed by atoms with Crippen LogP contribution in [0.5, 0.6) is 11.5 Å². The average Bonchev–Trinajstić information content (AvgIpc) is 2.60. The van der Waals surface area contributed by atoms with E-state index in [1.54, 1.807) is 24.3 Å². The molecule has 1 aromatic carbocycles. The topological polar surface area (TPSA) is 89.5 Å². The third-order valence-electron chi connectivity index (χ3n) is 3.40. The van der Waals surface area contributed by atoms with Gasteiger partial charge in [-0.2, -0.15) is 0 Å². The van der Waals surface area contributed by atoms with Gasteiger partial charge in [0.1, 0.15) is 17.2 Å². The van der Waals surface area contributed by atoms with Gasteiger partial charge in [0.05, 0.1) is 19.9 Å². The molecule has 0 aliphatic rings. The second-order valence-corrected chi connectivity index (χ2v) is 6.65. The van der Waals surface area contributed by atoms with Crippen LogP contribution in [0.4, 0.5) is 5.69 Å². The van der Waals surface area contributed by atoms with Gasteiger partial charge in [0.25, 0.3) is 11.8 Å².